The summed E-state index contributed by atoms with van der Waals surface area (Å²) in [6.07, 6.45) is 5.44. The maximum Gasteiger partial charge on any atom is 0.261 e. The van der Waals surface area contributed by atoms with Gasteiger partial charge in [0.05, 0.1) is 28.4 Å². The molecule has 1 saturated carbocycles. The third-order valence-corrected chi connectivity index (χ3v) is 5.12. The Kier molecular flexibility index (Phi) is 3.08. The summed E-state index contributed by atoms with van der Waals surface area (Å²) in [5, 5.41) is 19.3. The summed E-state index contributed by atoms with van der Waals surface area (Å²) in [6, 6.07) is 5.20. The van der Waals surface area contributed by atoms with Gasteiger partial charge >= 0.3 is 0 Å². The fourth-order valence-corrected chi connectivity index (χ4v) is 3.46. The molecule has 26 heavy (non-hydrogen) atoms. The molecule has 8 nitrogen and oxygen atoms in total. The molecule has 1 aromatic carbocycles. The van der Waals surface area contributed by atoms with Gasteiger partial charge in [0, 0.05) is 18.5 Å². The quantitative estimate of drug-likeness (QED) is 0.590. The van der Waals surface area contributed by atoms with Crippen molar-refractivity contribution in [2.24, 2.45) is 7.05 Å². The summed E-state index contributed by atoms with van der Waals surface area (Å²) in [5.74, 6) is 0.503. The van der Waals surface area contributed by atoms with E-state index in [1.165, 1.54) is 9.25 Å². The smallest absolute Gasteiger partial charge is 0.261 e. The molecule has 0 bridgehead atoms. The highest BCUT2D eigenvalue weighted by Gasteiger charge is 2.41. The maximum atomic E-state index is 12.8. The molecule has 0 saturated heterocycles. The molecule has 0 atom stereocenters. The van der Waals surface area contributed by atoms with Crippen molar-refractivity contribution in [1.82, 2.24) is 28.9 Å². The molecule has 0 radical (unpaired) electrons. The first kappa shape index (κ1) is 15.5. The van der Waals surface area contributed by atoms with Crippen LogP contribution in [0.2, 0.25) is 5.02 Å². The van der Waals surface area contributed by atoms with E-state index < -0.39 is 5.60 Å². The van der Waals surface area contributed by atoms with Crippen molar-refractivity contribution < 1.29 is 5.11 Å². The van der Waals surface area contributed by atoms with Crippen molar-refractivity contribution >= 4 is 28.2 Å². The number of aliphatic hydroxyl groups is 1. The van der Waals surface area contributed by atoms with Gasteiger partial charge in [-0.25, -0.2) is 4.98 Å². The Balaban J connectivity index is 1.71. The number of aryl methyl sites for hydroxylation is 1. The molecule has 4 aromatic rings. The van der Waals surface area contributed by atoms with Gasteiger partial charge in [-0.2, -0.15) is 4.68 Å². The van der Waals surface area contributed by atoms with Crippen molar-refractivity contribution in [3.8, 4) is 5.82 Å². The van der Waals surface area contributed by atoms with Crippen LogP contribution in [0.5, 0.6) is 0 Å². The Morgan fingerprint density at radius 3 is 2.92 bits per heavy atom. The Morgan fingerprint density at radius 1 is 1.35 bits per heavy atom. The highest BCUT2D eigenvalue weighted by atomic mass is 35.5. The van der Waals surface area contributed by atoms with Gasteiger partial charge in [-0.05, 0) is 31.0 Å². The molecule has 1 N–H and O–H groups in total. The highest BCUT2D eigenvalue weighted by molar-refractivity contribution is 6.31. The minimum absolute atomic E-state index is 0.163. The summed E-state index contributed by atoms with van der Waals surface area (Å²) in [5.41, 5.74) is 1.22. The third kappa shape index (κ3) is 2.26. The summed E-state index contributed by atoms with van der Waals surface area (Å²) in [6.45, 7) is 0. The van der Waals surface area contributed by atoms with E-state index in [1.807, 2.05) is 4.40 Å². The molecule has 132 valence electrons. The zero-order chi connectivity index (χ0) is 18.1. The summed E-state index contributed by atoms with van der Waals surface area (Å²) < 4.78 is 4.90. The molecule has 1 aliphatic rings. The van der Waals surface area contributed by atoms with Gasteiger partial charge in [0.25, 0.3) is 5.56 Å². The van der Waals surface area contributed by atoms with Crippen LogP contribution in [0.4, 0.5) is 0 Å². The maximum absolute atomic E-state index is 12.8. The van der Waals surface area contributed by atoms with Crippen LogP contribution in [0.25, 0.3) is 22.4 Å². The van der Waals surface area contributed by atoms with Crippen LogP contribution in [0.15, 0.2) is 35.5 Å². The van der Waals surface area contributed by atoms with E-state index in [2.05, 4.69) is 15.3 Å². The van der Waals surface area contributed by atoms with Crippen LogP contribution in [-0.2, 0) is 13.5 Å². The first-order valence-corrected chi connectivity index (χ1v) is 8.62. The fraction of sp³-hybridized carbons (Fsp3) is 0.294. The predicted molar refractivity (Wildman–Crippen MR) is 95.8 cm³/mol. The second-order valence-electron chi connectivity index (χ2n) is 6.84. The second-order valence-corrected chi connectivity index (χ2v) is 7.28. The Labute approximate surface area is 152 Å². The average molecular weight is 371 g/mol. The molecule has 5 rings (SSSR count). The normalized spacial score (nSPS) is 15.8. The van der Waals surface area contributed by atoms with Crippen molar-refractivity contribution in [2.45, 2.75) is 24.9 Å². The lowest BCUT2D eigenvalue weighted by molar-refractivity contribution is 0.149. The third-order valence-electron chi connectivity index (χ3n) is 4.89. The zero-order valence-corrected chi connectivity index (χ0v) is 14.7. The number of hydrogen-bond donors (Lipinski definition) is 1. The number of fused-ring (bicyclic) bond motifs is 3. The minimum Gasteiger partial charge on any atom is -0.389 e. The molecule has 0 amide bonds. The highest BCUT2D eigenvalue weighted by Crippen LogP contribution is 2.37. The molecule has 0 spiro atoms. The fourth-order valence-electron chi connectivity index (χ4n) is 3.29. The number of rotatable bonds is 3. The largest absolute Gasteiger partial charge is 0.389 e. The van der Waals surface area contributed by atoms with E-state index >= 15 is 0 Å². The van der Waals surface area contributed by atoms with Gasteiger partial charge in [0.2, 0.25) is 0 Å². The molecular weight excluding hydrogens is 356 g/mol. The summed E-state index contributed by atoms with van der Waals surface area (Å²) in [7, 11) is 1.69. The van der Waals surface area contributed by atoms with Gasteiger partial charge in [-0.3, -0.25) is 13.8 Å². The van der Waals surface area contributed by atoms with E-state index in [4.69, 9.17) is 11.6 Å². The van der Waals surface area contributed by atoms with E-state index in [1.54, 1.807) is 37.8 Å². The number of nitrogens with zero attached hydrogens (tertiary/aromatic N) is 6. The molecule has 1 fully saturated rings. The first-order valence-electron chi connectivity index (χ1n) is 8.24. The van der Waals surface area contributed by atoms with Crippen LogP contribution in [0.3, 0.4) is 0 Å². The van der Waals surface area contributed by atoms with Crippen LogP contribution in [0, 0.1) is 0 Å². The summed E-state index contributed by atoms with van der Waals surface area (Å²) in [4.78, 5) is 17.2. The molecule has 0 unspecified atom stereocenters. The minimum atomic E-state index is -0.639. The monoisotopic (exact) mass is 370 g/mol. The standard InChI is InChI=1S/C17H15ClN6O2/c1-22-15-14(24-8-11(20-21-24)7-17(26)4-5-17)19-9-23(15)13-3-2-10(18)6-12(13)16(22)25/h2-3,6,8-9,26H,4-5,7H2,1H3. The Morgan fingerprint density at radius 2 is 2.15 bits per heavy atom. The molecule has 9 heteroatoms. The van der Waals surface area contributed by atoms with Gasteiger partial charge in [0.15, 0.2) is 11.5 Å². The topological polar surface area (TPSA) is 90.2 Å². The Bertz CT molecular complexity index is 1230. The van der Waals surface area contributed by atoms with Gasteiger partial charge in [-0.1, -0.05) is 16.8 Å². The lowest BCUT2D eigenvalue weighted by Gasteiger charge is -2.08. The first-order chi connectivity index (χ1) is 12.5. The van der Waals surface area contributed by atoms with Crippen LogP contribution in [-0.4, -0.2) is 39.7 Å². The second kappa shape index (κ2) is 5.15. The lowest BCUT2D eigenvalue weighted by atomic mass is 10.2. The molecule has 3 aromatic heterocycles. The molecular formula is C17H15ClN6O2. The van der Waals surface area contributed by atoms with Gasteiger partial charge < -0.3 is 5.11 Å². The van der Waals surface area contributed by atoms with Crippen LogP contribution >= 0.6 is 11.6 Å². The van der Waals surface area contributed by atoms with E-state index in [-0.39, 0.29) is 5.56 Å². The number of imidazole rings is 1. The Hall–Kier alpha value is -2.71. The number of benzene rings is 1. The zero-order valence-electron chi connectivity index (χ0n) is 13.9. The van der Waals surface area contributed by atoms with Crippen LogP contribution < -0.4 is 5.56 Å². The number of aromatic nitrogens is 6. The van der Waals surface area contributed by atoms with E-state index in [9.17, 15) is 9.90 Å². The molecule has 0 aliphatic heterocycles. The average Bonchev–Trinajstić information content (AvgIpc) is 3.00. The predicted octanol–water partition coefficient (Wildman–Crippen LogP) is 1.49. The van der Waals surface area contributed by atoms with Crippen molar-refractivity contribution in [3.63, 3.8) is 0 Å². The molecule has 1 aliphatic carbocycles. The SMILES string of the molecule is Cn1c(=O)c2cc(Cl)ccc2n2cnc(-n3cc(CC4(O)CC4)nn3)c12. The number of hydrogen-bond acceptors (Lipinski definition) is 5. The van der Waals surface area contributed by atoms with Gasteiger partial charge in [-0.15, -0.1) is 5.10 Å². The van der Waals surface area contributed by atoms with Crippen LogP contribution in [0.1, 0.15) is 18.5 Å². The van der Waals surface area contributed by atoms with Crippen molar-refractivity contribution in [2.75, 3.05) is 0 Å². The van der Waals surface area contributed by atoms with Gasteiger partial charge in [0.1, 0.15) is 6.33 Å². The van der Waals surface area contributed by atoms with Crippen molar-refractivity contribution in [3.05, 3.63) is 51.8 Å². The van der Waals surface area contributed by atoms with Crippen molar-refractivity contribution in [1.29, 1.82) is 0 Å². The summed E-state index contributed by atoms with van der Waals surface area (Å²) >= 11 is 6.04. The molecule has 3 heterocycles. The van der Waals surface area contributed by atoms with E-state index in [0.717, 1.165) is 18.4 Å². The lowest BCUT2D eigenvalue weighted by Crippen LogP contribution is -2.20. The van der Waals surface area contributed by atoms with E-state index in [0.29, 0.717) is 34.0 Å². The number of halogens is 1.